The molecule has 1 aliphatic heterocycles. The molecule has 3 aromatic heterocycles. The van der Waals surface area contributed by atoms with Gasteiger partial charge in [-0.15, -0.1) is 0 Å². The Balaban J connectivity index is 1.48. The Morgan fingerprint density at radius 2 is 1.84 bits per heavy atom. The van der Waals surface area contributed by atoms with Crippen molar-refractivity contribution in [3.63, 3.8) is 0 Å². The SMILES string of the molecule is C=CC(=O)N1CCN(C[C@@H](Oc2cnc(C(=O)Nc3ncc(C(=O)N(C)C)cc3C)c(C)c2)c2ccc(C)cn2)C[C@H]1C. The summed E-state index contributed by atoms with van der Waals surface area (Å²) in [6.07, 6.45) is 5.75. The average Bonchev–Trinajstić information content (AvgIpc) is 2.97. The average molecular weight is 586 g/mol. The lowest BCUT2D eigenvalue weighted by atomic mass is 10.1. The van der Waals surface area contributed by atoms with E-state index in [4.69, 9.17) is 4.74 Å². The first-order valence-electron chi connectivity index (χ1n) is 14.2. The number of carbonyl (C=O) groups excluding carboxylic acids is 3. The number of aromatic nitrogens is 3. The molecule has 43 heavy (non-hydrogen) atoms. The summed E-state index contributed by atoms with van der Waals surface area (Å²) in [5, 5.41) is 2.80. The Hall–Kier alpha value is -4.64. The zero-order valence-electron chi connectivity index (χ0n) is 25.6. The second-order valence-electron chi connectivity index (χ2n) is 11.1. The molecule has 1 N–H and O–H groups in total. The summed E-state index contributed by atoms with van der Waals surface area (Å²) < 4.78 is 6.44. The van der Waals surface area contributed by atoms with E-state index in [9.17, 15) is 14.4 Å². The third kappa shape index (κ3) is 7.61. The molecular weight excluding hydrogens is 546 g/mol. The fourth-order valence-corrected chi connectivity index (χ4v) is 5.00. The molecular formula is C32H39N7O4. The van der Waals surface area contributed by atoms with Gasteiger partial charge in [-0.05, 0) is 68.7 Å². The largest absolute Gasteiger partial charge is 0.481 e. The van der Waals surface area contributed by atoms with Crippen LogP contribution in [0.2, 0.25) is 0 Å². The lowest BCUT2D eigenvalue weighted by Crippen LogP contribution is -2.54. The molecule has 11 heteroatoms. The zero-order valence-corrected chi connectivity index (χ0v) is 25.6. The number of nitrogens with one attached hydrogen (secondary N) is 1. The van der Waals surface area contributed by atoms with Crippen molar-refractivity contribution >= 4 is 23.5 Å². The highest BCUT2D eigenvalue weighted by Gasteiger charge is 2.29. The van der Waals surface area contributed by atoms with Crippen LogP contribution >= 0.6 is 0 Å². The van der Waals surface area contributed by atoms with Crippen LogP contribution in [-0.2, 0) is 4.79 Å². The summed E-state index contributed by atoms with van der Waals surface area (Å²) in [6.45, 7) is 13.8. The summed E-state index contributed by atoms with van der Waals surface area (Å²) in [7, 11) is 3.34. The highest BCUT2D eigenvalue weighted by atomic mass is 16.5. The fraction of sp³-hybridized carbons (Fsp3) is 0.375. The first-order valence-corrected chi connectivity index (χ1v) is 14.2. The predicted octanol–water partition coefficient (Wildman–Crippen LogP) is 3.59. The van der Waals surface area contributed by atoms with E-state index in [2.05, 4.69) is 31.7 Å². The van der Waals surface area contributed by atoms with E-state index in [0.717, 1.165) is 11.3 Å². The smallest absolute Gasteiger partial charge is 0.275 e. The molecule has 0 unspecified atom stereocenters. The minimum Gasteiger partial charge on any atom is -0.481 e. The number of nitrogens with zero attached hydrogens (tertiary/aromatic N) is 6. The molecule has 0 aliphatic carbocycles. The number of piperazine rings is 1. The highest BCUT2D eigenvalue weighted by molar-refractivity contribution is 6.04. The molecule has 3 aromatic rings. The maximum absolute atomic E-state index is 13.1. The third-order valence-corrected chi connectivity index (χ3v) is 7.37. The van der Waals surface area contributed by atoms with Crippen molar-refractivity contribution in [1.29, 1.82) is 0 Å². The predicted molar refractivity (Wildman–Crippen MR) is 164 cm³/mol. The lowest BCUT2D eigenvalue weighted by Gasteiger charge is -2.40. The molecule has 3 amide bonds. The number of ether oxygens (including phenoxy) is 1. The fourth-order valence-electron chi connectivity index (χ4n) is 5.00. The Bertz CT molecular complexity index is 1510. The van der Waals surface area contributed by atoms with Crippen molar-refractivity contribution in [2.24, 2.45) is 0 Å². The van der Waals surface area contributed by atoms with Crippen LogP contribution in [0.4, 0.5) is 5.82 Å². The van der Waals surface area contributed by atoms with Gasteiger partial charge >= 0.3 is 0 Å². The second-order valence-corrected chi connectivity index (χ2v) is 11.1. The van der Waals surface area contributed by atoms with E-state index in [1.807, 2.05) is 37.1 Å². The van der Waals surface area contributed by atoms with Gasteiger partial charge in [0.05, 0.1) is 17.5 Å². The van der Waals surface area contributed by atoms with Gasteiger partial charge in [-0.2, -0.15) is 0 Å². The summed E-state index contributed by atoms with van der Waals surface area (Å²) in [5.74, 6) is 0.227. The standard InChI is InChI=1S/C32H39N7O4/c1-8-28(40)39-12-11-38(18-23(39)5)19-27(26-10-9-20(2)15-33-26)43-25-14-21(3)29(34-17-25)31(41)36-30-22(4)13-24(16-35-30)32(42)37(6)7/h8-10,13-17,23,27H,1,11-12,18-19H2,2-7H3,(H,35,36,41)/t23-,27-/m1/s1. The van der Waals surface area contributed by atoms with E-state index in [1.54, 1.807) is 40.1 Å². The molecule has 0 radical (unpaired) electrons. The van der Waals surface area contributed by atoms with Crippen molar-refractivity contribution in [1.82, 2.24) is 29.7 Å². The van der Waals surface area contributed by atoms with Gasteiger partial charge in [0.25, 0.3) is 11.8 Å². The number of rotatable bonds is 9. The van der Waals surface area contributed by atoms with Crippen LogP contribution in [0.15, 0.2) is 55.5 Å². The van der Waals surface area contributed by atoms with Gasteiger partial charge in [0, 0.05) is 58.7 Å². The number of anilines is 1. The highest BCUT2D eigenvalue weighted by Crippen LogP contribution is 2.25. The molecule has 226 valence electrons. The molecule has 1 saturated heterocycles. The molecule has 11 nitrogen and oxygen atoms in total. The molecule has 0 aromatic carbocycles. The van der Waals surface area contributed by atoms with E-state index >= 15 is 0 Å². The van der Waals surface area contributed by atoms with Crippen LogP contribution in [0.1, 0.15) is 56.3 Å². The van der Waals surface area contributed by atoms with Gasteiger partial charge in [0.15, 0.2) is 6.10 Å². The van der Waals surface area contributed by atoms with E-state index in [-0.39, 0.29) is 23.6 Å². The quantitative estimate of drug-likeness (QED) is 0.379. The number of carbonyl (C=O) groups is 3. The molecule has 0 saturated carbocycles. The van der Waals surface area contributed by atoms with Gasteiger partial charge in [-0.1, -0.05) is 12.6 Å². The van der Waals surface area contributed by atoms with Gasteiger partial charge in [-0.3, -0.25) is 24.3 Å². The first-order chi connectivity index (χ1) is 20.5. The summed E-state index contributed by atoms with van der Waals surface area (Å²) in [5.41, 5.74) is 3.80. The number of aryl methyl sites for hydroxylation is 3. The molecule has 4 rings (SSSR count). The van der Waals surface area contributed by atoms with Crippen molar-refractivity contribution in [2.75, 3.05) is 45.6 Å². The van der Waals surface area contributed by atoms with Crippen LogP contribution < -0.4 is 10.1 Å². The van der Waals surface area contributed by atoms with Crippen molar-refractivity contribution in [2.45, 2.75) is 39.8 Å². The van der Waals surface area contributed by atoms with Crippen molar-refractivity contribution in [3.05, 3.63) is 89.2 Å². The minimum absolute atomic E-state index is 0.0374. The Labute approximate surface area is 252 Å². The molecule has 0 spiro atoms. The van der Waals surface area contributed by atoms with Crippen LogP contribution in [0, 0.1) is 20.8 Å². The third-order valence-electron chi connectivity index (χ3n) is 7.37. The van der Waals surface area contributed by atoms with Crippen molar-refractivity contribution in [3.8, 4) is 5.75 Å². The van der Waals surface area contributed by atoms with E-state index in [0.29, 0.717) is 54.4 Å². The van der Waals surface area contributed by atoms with Gasteiger partial charge < -0.3 is 19.9 Å². The number of pyridine rings is 3. The van der Waals surface area contributed by atoms with Gasteiger partial charge in [0.2, 0.25) is 5.91 Å². The zero-order chi connectivity index (χ0) is 31.3. The van der Waals surface area contributed by atoms with Gasteiger partial charge in [-0.25, -0.2) is 9.97 Å². The number of hydrogen-bond acceptors (Lipinski definition) is 8. The summed E-state index contributed by atoms with van der Waals surface area (Å²) >= 11 is 0. The summed E-state index contributed by atoms with van der Waals surface area (Å²) in [6, 6.07) is 7.47. The Kier molecular flexibility index (Phi) is 9.87. The van der Waals surface area contributed by atoms with Crippen LogP contribution in [-0.4, -0.2) is 93.7 Å². The number of hydrogen-bond donors (Lipinski definition) is 1. The Morgan fingerprint density at radius 3 is 2.44 bits per heavy atom. The topological polar surface area (TPSA) is 121 Å². The molecule has 0 bridgehead atoms. The number of amides is 3. The first kappa shape index (κ1) is 31.3. The van der Waals surface area contributed by atoms with Crippen LogP contribution in [0.3, 0.4) is 0 Å². The lowest BCUT2D eigenvalue weighted by molar-refractivity contribution is -0.130. The van der Waals surface area contributed by atoms with Gasteiger partial charge in [0.1, 0.15) is 17.3 Å². The second kappa shape index (κ2) is 13.6. The monoisotopic (exact) mass is 585 g/mol. The molecule has 1 aliphatic rings. The van der Waals surface area contributed by atoms with E-state index in [1.165, 1.54) is 23.4 Å². The van der Waals surface area contributed by atoms with Crippen LogP contribution in [0.25, 0.3) is 0 Å². The summed E-state index contributed by atoms with van der Waals surface area (Å²) in [4.78, 5) is 56.4. The normalized spacial score (nSPS) is 15.9. The molecule has 1 fully saturated rings. The van der Waals surface area contributed by atoms with Crippen molar-refractivity contribution < 1.29 is 19.1 Å². The Morgan fingerprint density at radius 1 is 1.07 bits per heavy atom. The maximum Gasteiger partial charge on any atom is 0.275 e. The van der Waals surface area contributed by atoms with Crippen LogP contribution in [0.5, 0.6) is 5.75 Å². The van der Waals surface area contributed by atoms with E-state index < -0.39 is 12.0 Å². The minimum atomic E-state index is -0.413. The molecule has 2 atom stereocenters. The maximum atomic E-state index is 13.1. The molecule has 4 heterocycles.